The van der Waals surface area contributed by atoms with Gasteiger partial charge >= 0.3 is 0 Å². The van der Waals surface area contributed by atoms with Gasteiger partial charge in [-0.05, 0) is 48.4 Å². The summed E-state index contributed by atoms with van der Waals surface area (Å²) in [7, 11) is 0. The van der Waals surface area contributed by atoms with Crippen LogP contribution in [0.1, 0.15) is 49.0 Å². The summed E-state index contributed by atoms with van der Waals surface area (Å²) in [4.78, 5) is 10.9. The number of aldehydes is 1. The average molecular weight is 296 g/mol. The van der Waals surface area contributed by atoms with Gasteiger partial charge in [0.15, 0.2) is 0 Å². The van der Waals surface area contributed by atoms with Gasteiger partial charge in [-0.25, -0.2) is 0 Å². The quantitative estimate of drug-likeness (QED) is 0.504. The number of carbonyl (C=O) groups is 1. The van der Waals surface area contributed by atoms with Crippen molar-refractivity contribution in [1.82, 2.24) is 0 Å². The van der Waals surface area contributed by atoms with Crippen LogP contribution in [0.25, 0.3) is 0 Å². The fraction of sp³-hybridized carbons (Fsp3) is 0.350. The zero-order valence-corrected chi connectivity index (χ0v) is 13.4. The first-order valence-corrected chi connectivity index (χ1v) is 7.85. The number of para-hydroxylation sites is 1. The highest BCUT2D eigenvalue weighted by atomic mass is 16.5. The second-order valence-corrected chi connectivity index (χ2v) is 6.25. The molecule has 0 radical (unpaired) electrons. The van der Waals surface area contributed by atoms with Gasteiger partial charge < -0.3 is 4.74 Å². The van der Waals surface area contributed by atoms with Gasteiger partial charge in [0.05, 0.1) is 6.61 Å². The molecule has 0 aliphatic heterocycles. The van der Waals surface area contributed by atoms with Crippen molar-refractivity contribution in [1.29, 1.82) is 0 Å². The first-order valence-electron chi connectivity index (χ1n) is 7.85. The van der Waals surface area contributed by atoms with E-state index in [2.05, 4.69) is 19.9 Å². The molecule has 2 rings (SSSR count). The van der Waals surface area contributed by atoms with Crippen molar-refractivity contribution in [2.24, 2.45) is 0 Å². The summed E-state index contributed by atoms with van der Waals surface area (Å²) >= 11 is 0. The maximum absolute atomic E-state index is 10.9. The van der Waals surface area contributed by atoms with E-state index in [4.69, 9.17) is 4.74 Å². The summed E-state index contributed by atoms with van der Waals surface area (Å²) in [5, 5.41) is 0. The summed E-state index contributed by atoms with van der Waals surface area (Å²) in [5.74, 6) is 0.931. The van der Waals surface area contributed by atoms with Crippen LogP contribution >= 0.6 is 0 Å². The van der Waals surface area contributed by atoms with Gasteiger partial charge in [-0.3, -0.25) is 4.79 Å². The number of hydrogen-bond acceptors (Lipinski definition) is 2. The first-order chi connectivity index (χ1) is 10.6. The van der Waals surface area contributed by atoms with E-state index in [1.165, 1.54) is 5.56 Å². The molecule has 0 fully saturated rings. The van der Waals surface area contributed by atoms with Crippen LogP contribution in [0.4, 0.5) is 0 Å². The molecule has 0 aliphatic carbocycles. The Morgan fingerprint density at radius 3 is 2.50 bits per heavy atom. The van der Waals surface area contributed by atoms with Crippen molar-refractivity contribution in [2.75, 3.05) is 6.61 Å². The van der Waals surface area contributed by atoms with Crippen LogP contribution in [0.2, 0.25) is 0 Å². The standard InChI is InChI=1S/C20H24O2/c1-20(2,18-10-8-9-17(15-18)16-21)13-6-7-14-22-19-11-4-3-5-12-19/h3-5,8-12,15-16H,6-7,13-14H2,1-2H3. The molecule has 0 spiro atoms. The fourth-order valence-corrected chi connectivity index (χ4v) is 2.55. The molecule has 0 unspecified atom stereocenters. The van der Waals surface area contributed by atoms with Crippen molar-refractivity contribution in [3.05, 3.63) is 65.7 Å². The molecule has 0 atom stereocenters. The summed E-state index contributed by atoms with van der Waals surface area (Å²) in [6.07, 6.45) is 4.12. The SMILES string of the molecule is CC(C)(CCCCOc1ccccc1)c1cccc(C=O)c1. The van der Waals surface area contributed by atoms with Crippen molar-refractivity contribution >= 4 is 6.29 Å². The minimum atomic E-state index is 0.0752. The van der Waals surface area contributed by atoms with Gasteiger partial charge in [0.1, 0.15) is 12.0 Å². The van der Waals surface area contributed by atoms with E-state index in [1.54, 1.807) is 0 Å². The third-order valence-electron chi connectivity index (χ3n) is 4.01. The van der Waals surface area contributed by atoms with Gasteiger partial charge in [0.25, 0.3) is 0 Å². The Bertz CT molecular complexity index is 588. The summed E-state index contributed by atoms with van der Waals surface area (Å²) in [6, 6.07) is 17.8. The number of unbranched alkanes of at least 4 members (excludes halogenated alkanes) is 1. The van der Waals surface area contributed by atoms with Crippen LogP contribution in [0.15, 0.2) is 54.6 Å². The monoisotopic (exact) mass is 296 g/mol. The zero-order valence-electron chi connectivity index (χ0n) is 13.4. The largest absolute Gasteiger partial charge is 0.494 e. The lowest BCUT2D eigenvalue weighted by Crippen LogP contribution is -2.17. The maximum Gasteiger partial charge on any atom is 0.150 e. The molecule has 0 aromatic heterocycles. The molecule has 22 heavy (non-hydrogen) atoms. The fourth-order valence-electron chi connectivity index (χ4n) is 2.55. The summed E-state index contributed by atoms with van der Waals surface area (Å²) < 4.78 is 5.72. The van der Waals surface area contributed by atoms with E-state index in [0.717, 1.165) is 43.5 Å². The lowest BCUT2D eigenvalue weighted by Gasteiger charge is -2.25. The molecule has 0 saturated heterocycles. The Morgan fingerprint density at radius 2 is 1.77 bits per heavy atom. The van der Waals surface area contributed by atoms with Crippen LogP contribution in [0, 0.1) is 0 Å². The number of rotatable bonds is 8. The predicted molar refractivity (Wildman–Crippen MR) is 90.6 cm³/mol. The van der Waals surface area contributed by atoms with Gasteiger partial charge in [-0.2, -0.15) is 0 Å². The average Bonchev–Trinajstić information content (AvgIpc) is 2.55. The highest BCUT2D eigenvalue weighted by Gasteiger charge is 2.20. The number of carbonyl (C=O) groups excluding carboxylic acids is 1. The van der Waals surface area contributed by atoms with Gasteiger partial charge in [-0.15, -0.1) is 0 Å². The van der Waals surface area contributed by atoms with E-state index >= 15 is 0 Å². The third-order valence-corrected chi connectivity index (χ3v) is 4.01. The van der Waals surface area contributed by atoms with E-state index in [-0.39, 0.29) is 5.41 Å². The molecule has 2 aromatic carbocycles. The molecule has 0 heterocycles. The predicted octanol–water partition coefficient (Wildman–Crippen LogP) is 5.03. The Hall–Kier alpha value is -2.09. The third kappa shape index (κ3) is 4.73. The van der Waals surface area contributed by atoms with Crippen molar-refractivity contribution in [2.45, 2.75) is 38.5 Å². The summed E-state index contributed by atoms with van der Waals surface area (Å²) in [5.41, 5.74) is 2.05. The van der Waals surface area contributed by atoms with Crippen molar-refractivity contribution in [3.63, 3.8) is 0 Å². The molecule has 2 heteroatoms. The zero-order chi connectivity index (χ0) is 15.8. The first kappa shape index (κ1) is 16.3. The topological polar surface area (TPSA) is 26.3 Å². The maximum atomic E-state index is 10.9. The highest BCUT2D eigenvalue weighted by Crippen LogP contribution is 2.29. The number of benzene rings is 2. The number of ether oxygens (including phenoxy) is 1. The molecular weight excluding hydrogens is 272 g/mol. The molecule has 0 bridgehead atoms. The molecule has 0 N–H and O–H groups in total. The molecular formula is C20H24O2. The van der Waals surface area contributed by atoms with Gasteiger partial charge in [0.2, 0.25) is 0 Å². The van der Waals surface area contributed by atoms with Gasteiger partial charge in [-0.1, -0.05) is 50.2 Å². The van der Waals surface area contributed by atoms with Crippen LogP contribution in [0.3, 0.4) is 0 Å². The summed E-state index contributed by atoms with van der Waals surface area (Å²) in [6.45, 7) is 5.21. The molecule has 0 saturated carbocycles. The minimum Gasteiger partial charge on any atom is -0.494 e. The Labute approximate surface area is 133 Å². The Balaban J connectivity index is 1.78. The Morgan fingerprint density at radius 1 is 1.00 bits per heavy atom. The van der Waals surface area contributed by atoms with Crippen LogP contribution in [0.5, 0.6) is 5.75 Å². The lowest BCUT2D eigenvalue weighted by atomic mass is 9.80. The lowest BCUT2D eigenvalue weighted by molar-refractivity contribution is 0.112. The molecule has 0 amide bonds. The molecule has 2 aromatic rings. The highest BCUT2D eigenvalue weighted by molar-refractivity contribution is 5.75. The van der Waals surface area contributed by atoms with Crippen molar-refractivity contribution < 1.29 is 9.53 Å². The van der Waals surface area contributed by atoms with Crippen LogP contribution < -0.4 is 4.74 Å². The van der Waals surface area contributed by atoms with E-state index in [9.17, 15) is 4.79 Å². The second kappa shape index (κ2) is 7.79. The number of hydrogen-bond donors (Lipinski definition) is 0. The minimum absolute atomic E-state index is 0.0752. The molecule has 0 aliphatic rings. The van der Waals surface area contributed by atoms with E-state index in [0.29, 0.717) is 0 Å². The molecule has 116 valence electrons. The van der Waals surface area contributed by atoms with Crippen LogP contribution in [-0.2, 0) is 5.41 Å². The van der Waals surface area contributed by atoms with E-state index in [1.807, 2.05) is 48.5 Å². The van der Waals surface area contributed by atoms with Crippen molar-refractivity contribution in [3.8, 4) is 5.75 Å². The van der Waals surface area contributed by atoms with Gasteiger partial charge in [0, 0.05) is 5.56 Å². The Kier molecular flexibility index (Phi) is 5.76. The molecule has 2 nitrogen and oxygen atoms in total. The normalized spacial score (nSPS) is 11.2. The smallest absolute Gasteiger partial charge is 0.150 e. The van der Waals surface area contributed by atoms with E-state index < -0.39 is 0 Å². The van der Waals surface area contributed by atoms with Crippen LogP contribution in [-0.4, -0.2) is 12.9 Å². The second-order valence-electron chi connectivity index (χ2n) is 6.25.